The molecule has 1 aromatic carbocycles. The molecule has 1 amide bonds. The molecule has 33 heavy (non-hydrogen) atoms. The normalized spacial score (nSPS) is 25.8. The van der Waals surface area contributed by atoms with Crippen LogP contribution in [-0.2, 0) is 0 Å². The van der Waals surface area contributed by atoms with Crippen LogP contribution in [0.1, 0.15) is 66.8 Å². The molecule has 2 aromatic rings. The number of benzene rings is 1. The van der Waals surface area contributed by atoms with Gasteiger partial charge in [0.15, 0.2) is 0 Å². The average Bonchev–Trinajstić information content (AvgIpc) is 3.41. The molecule has 1 aromatic heterocycles. The van der Waals surface area contributed by atoms with E-state index >= 15 is 0 Å². The molecular weight excluding hydrogens is 410 g/mol. The van der Waals surface area contributed by atoms with Crippen LogP contribution in [0.4, 0.5) is 5.82 Å². The molecule has 0 radical (unpaired) electrons. The topological polar surface area (TPSA) is 60.8 Å². The fourth-order valence-corrected chi connectivity index (χ4v) is 5.66. The number of piperidine rings is 1. The van der Waals surface area contributed by atoms with Gasteiger partial charge in [-0.25, -0.2) is 9.99 Å². The molecule has 6 nitrogen and oxygen atoms in total. The fourth-order valence-electron chi connectivity index (χ4n) is 5.66. The highest BCUT2D eigenvalue weighted by Gasteiger charge is 2.30. The number of aromatic nitrogens is 1. The first kappa shape index (κ1) is 22.1. The second kappa shape index (κ2) is 10.5. The summed E-state index contributed by atoms with van der Waals surface area (Å²) in [6.07, 6.45) is 11.8. The first-order chi connectivity index (χ1) is 16.3. The van der Waals surface area contributed by atoms with E-state index < -0.39 is 0 Å². The SMILES string of the molecule is O=C(N[C@H]1CCCC[C@@H]1CN1CCCC(c2ccccc2)C1)c1ccc(N2CCC=N2)nc1. The average molecular weight is 446 g/mol. The van der Waals surface area contributed by atoms with Crippen molar-refractivity contribution < 1.29 is 4.79 Å². The van der Waals surface area contributed by atoms with Gasteiger partial charge in [0.2, 0.25) is 0 Å². The van der Waals surface area contributed by atoms with Gasteiger partial charge < -0.3 is 10.2 Å². The zero-order valence-electron chi connectivity index (χ0n) is 19.4. The summed E-state index contributed by atoms with van der Waals surface area (Å²) in [4.78, 5) is 20.1. The third-order valence-corrected chi connectivity index (χ3v) is 7.46. The molecule has 6 heteroatoms. The third-order valence-electron chi connectivity index (χ3n) is 7.46. The van der Waals surface area contributed by atoms with Crippen molar-refractivity contribution in [2.75, 3.05) is 31.2 Å². The zero-order valence-corrected chi connectivity index (χ0v) is 19.4. The molecule has 174 valence electrons. The number of hydrazone groups is 1. The lowest BCUT2D eigenvalue weighted by atomic mass is 9.83. The van der Waals surface area contributed by atoms with Crippen molar-refractivity contribution in [1.29, 1.82) is 0 Å². The molecule has 3 aliphatic rings. The van der Waals surface area contributed by atoms with Gasteiger partial charge in [-0.1, -0.05) is 43.2 Å². The van der Waals surface area contributed by atoms with Crippen LogP contribution in [0.5, 0.6) is 0 Å². The van der Waals surface area contributed by atoms with Gasteiger partial charge in [-0.3, -0.25) is 4.79 Å². The number of likely N-dealkylation sites (tertiary alicyclic amines) is 1. The molecule has 3 heterocycles. The Morgan fingerprint density at radius 2 is 1.88 bits per heavy atom. The predicted molar refractivity (Wildman–Crippen MR) is 133 cm³/mol. The third kappa shape index (κ3) is 5.44. The molecule has 1 unspecified atom stereocenters. The Morgan fingerprint density at radius 1 is 1.00 bits per heavy atom. The highest BCUT2D eigenvalue weighted by atomic mass is 16.1. The van der Waals surface area contributed by atoms with Crippen LogP contribution in [0.3, 0.4) is 0 Å². The number of rotatable bonds is 6. The van der Waals surface area contributed by atoms with Gasteiger partial charge in [-0.15, -0.1) is 0 Å². The summed E-state index contributed by atoms with van der Waals surface area (Å²) >= 11 is 0. The van der Waals surface area contributed by atoms with Crippen molar-refractivity contribution >= 4 is 17.9 Å². The molecule has 1 saturated heterocycles. The maximum Gasteiger partial charge on any atom is 0.253 e. The second-order valence-corrected chi connectivity index (χ2v) is 9.75. The minimum absolute atomic E-state index is 0.00307. The standard InChI is InChI=1S/C27H35N5O/c33-27(22-13-14-26(28-18-22)32-17-7-15-29-32)30-25-12-5-4-10-24(25)20-31-16-6-11-23(19-31)21-8-2-1-3-9-21/h1-3,8-9,13-15,18,23-25H,4-7,10-12,16-17,19-20H2,(H,30,33)/t23?,24-,25+/m1/s1. The van der Waals surface area contributed by atoms with Gasteiger partial charge in [0.25, 0.3) is 5.91 Å². The number of carbonyl (C=O) groups excluding carboxylic acids is 1. The van der Waals surface area contributed by atoms with Crippen molar-refractivity contribution in [3.8, 4) is 0 Å². The summed E-state index contributed by atoms with van der Waals surface area (Å²) in [7, 11) is 0. The highest BCUT2D eigenvalue weighted by Crippen LogP contribution is 2.30. The van der Waals surface area contributed by atoms with E-state index in [1.165, 1.54) is 44.2 Å². The first-order valence-corrected chi connectivity index (χ1v) is 12.6. The van der Waals surface area contributed by atoms with Crippen molar-refractivity contribution in [1.82, 2.24) is 15.2 Å². The minimum atomic E-state index is -0.00307. The second-order valence-electron chi connectivity index (χ2n) is 9.75. The number of carbonyl (C=O) groups is 1. The quantitative estimate of drug-likeness (QED) is 0.714. The lowest BCUT2D eigenvalue weighted by molar-refractivity contribution is 0.0871. The first-order valence-electron chi connectivity index (χ1n) is 12.6. The molecule has 1 N–H and O–H groups in total. The fraction of sp³-hybridized carbons (Fsp3) is 0.519. The Kier molecular flexibility index (Phi) is 7.01. The Balaban J connectivity index is 1.19. The van der Waals surface area contributed by atoms with Gasteiger partial charge >= 0.3 is 0 Å². The van der Waals surface area contributed by atoms with Crippen LogP contribution in [0.15, 0.2) is 53.8 Å². The van der Waals surface area contributed by atoms with Crippen molar-refractivity contribution in [3.05, 3.63) is 59.8 Å². The number of nitrogens with zero attached hydrogens (tertiary/aromatic N) is 4. The van der Waals surface area contributed by atoms with Crippen LogP contribution >= 0.6 is 0 Å². The number of anilines is 1. The molecule has 3 atom stereocenters. The Morgan fingerprint density at radius 3 is 2.67 bits per heavy atom. The van der Waals surface area contributed by atoms with Crippen LogP contribution in [0, 0.1) is 5.92 Å². The molecule has 5 rings (SSSR count). The van der Waals surface area contributed by atoms with E-state index in [-0.39, 0.29) is 11.9 Å². The summed E-state index contributed by atoms with van der Waals surface area (Å²) in [5.41, 5.74) is 2.10. The Hall–Kier alpha value is -2.73. The van der Waals surface area contributed by atoms with Crippen molar-refractivity contribution in [2.24, 2.45) is 11.0 Å². The van der Waals surface area contributed by atoms with Crippen LogP contribution in [0.25, 0.3) is 0 Å². The van der Waals surface area contributed by atoms with Gasteiger partial charge in [-0.2, -0.15) is 5.10 Å². The summed E-state index contributed by atoms with van der Waals surface area (Å²) in [5.74, 6) is 1.94. The zero-order chi connectivity index (χ0) is 22.5. The molecule has 2 fully saturated rings. The van der Waals surface area contributed by atoms with Crippen LogP contribution in [0.2, 0.25) is 0 Å². The maximum atomic E-state index is 13.0. The maximum absolute atomic E-state index is 13.0. The van der Waals surface area contributed by atoms with Crippen molar-refractivity contribution in [3.63, 3.8) is 0 Å². The Labute approximate surface area is 197 Å². The molecular formula is C27H35N5O. The van der Waals surface area contributed by atoms with Gasteiger partial charge in [0.05, 0.1) is 5.56 Å². The number of hydrogen-bond donors (Lipinski definition) is 1. The monoisotopic (exact) mass is 445 g/mol. The lowest BCUT2D eigenvalue weighted by Crippen LogP contribution is -2.48. The highest BCUT2D eigenvalue weighted by molar-refractivity contribution is 5.94. The van der Waals surface area contributed by atoms with Crippen LogP contribution < -0.4 is 10.3 Å². The molecule has 2 aliphatic heterocycles. The molecule has 0 bridgehead atoms. The van der Waals surface area contributed by atoms with Gasteiger partial charge in [-0.05, 0) is 61.8 Å². The molecule has 0 spiro atoms. The smallest absolute Gasteiger partial charge is 0.253 e. The number of pyridine rings is 1. The van der Waals surface area contributed by atoms with E-state index in [4.69, 9.17) is 0 Å². The van der Waals surface area contributed by atoms with Crippen LogP contribution in [-0.4, -0.2) is 54.2 Å². The summed E-state index contributed by atoms with van der Waals surface area (Å²) in [6, 6.07) is 15.0. The van der Waals surface area contributed by atoms with E-state index in [0.29, 0.717) is 17.4 Å². The molecule has 1 saturated carbocycles. The van der Waals surface area contributed by atoms with E-state index in [1.807, 2.05) is 23.4 Å². The number of amides is 1. The summed E-state index contributed by atoms with van der Waals surface area (Å²) in [5, 5.41) is 9.54. The number of hydrogen-bond acceptors (Lipinski definition) is 5. The van der Waals surface area contributed by atoms with E-state index in [9.17, 15) is 4.79 Å². The summed E-state index contributed by atoms with van der Waals surface area (Å²) in [6.45, 7) is 4.23. The minimum Gasteiger partial charge on any atom is -0.349 e. The number of nitrogens with one attached hydrogen (secondary N) is 1. The van der Waals surface area contributed by atoms with E-state index in [1.54, 1.807) is 6.20 Å². The Bertz CT molecular complexity index is 945. The summed E-state index contributed by atoms with van der Waals surface area (Å²) < 4.78 is 0. The van der Waals surface area contributed by atoms with Crippen molar-refractivity contribution in [2.45, 2.75) is 56.9 Å². The van der Waals surface area contributed by atoms with Gasteiger partial charge in [0, 0.05) is 44.5 Å². The predicted octanol–water partition coefficient (Wildman–Crippen LogP) is 4.45. The lowest BCUT2D eigenvalue weighted by Gasteiger charge is -2.39. The van der Waals surface area contributed by atoms with E-state index in [2.05, 4.69) is 50.6 Å². The van der Waals surface area contributed by atoms with Gasteiger partial charge in [0.1, 0.15) is 5.82 Å². The van der Waals surface area contributed by atoms with E-state index in [0.717, 1.165) is 38.3 Å². The largest absolute Gasteiger partial charge is 0.349 e. The molecule has 1 aliphatic carbocycles.